The van der Waals surface area contributed by atoms with Gasteiger partial charge in [-0.3, -0.25) is 4.79 Å². The normalized spacial score (nSPS) is 11.5. The molecule has 0 aliphatic carbocycles. The Morgan fingerprint density at radius 2 is 1.93 bits per heavy atom. The molecule has 0 saturated heterocycles. The maximum absolute atomic E-state index is 12.5. The summed E-state index contributed by atoms with van der Waals surface area (Å²) < 4.78 is 2.29. The minimum absolute atomic E-state index is 0.0722. The summed E-state index contributed by atoms with van der Waals surface area (Å²) in [4.78, 5) is 20.2. The van der Waals surface area contributed by atoms with E-state index in [1.165, 1.54) is 28.2 Å². The summed E-state index contributed by atoms with van der Waals surface area (Å²) in [6.07, 6.45) is 0. The van der Waals surface area contributed by atoms with E-state index in [4.69, 9.17) is 11.6 Å². The van der Waals surface area contributed by atoms with Gasteiger partial charge < -0.3 is 14.9 Å². The lowest BCUT2D eigenvalue weighted by Crippen LogP contribution is -2.14. The lowest BCUT2D eigenvalue weighted by Gasteiger charge is -2.06. The van der Waals surface area contributed by atoms with Crippen molar-refractivity contribution >= 4 is 67.8 Å². The van der Waals surface area contributed by atoms with Crippen molar-refractivity contribution in [3.8, 4) is 0 Å². The van der Waals surface area contributed by atoms with Crippen LogP contribution in [-0.4, -0.2) is 26.2 Å². The van der Waals surface area contributed by atoms with Gasteiger partial charge in [0.15, 0.2) is 5.16 Å². The van der Waals surface area contributed by atoms with Crippen LogP contribution in [-0.2, 0) is 11.3 Å². The molecule has 0 bridgehead atoms. The number of anilines is 1. The fraction of sp³-hybridized carbons (Fsp3) is 0.130. The van der Waals surface area contributed by atoms with E-state index in [2.05, 4.69) is 57.1 Å². The van der Waals surface area contributed by atoms with E-state index in [1.807, 2.05) is 24.3 Å². The number of thioether (sulfide) groups is 1. The van der Waals surface area contributed by atoms with Gasteiger partial charge in [0.2, 0.25) is 5.91 Å². The molecule has 7 heteroatoms. The quantitative estimate of drug-likeness (QED) is 0.330. The monoisotopic (exact) mass is 434 g/mol. The average molecular weight is 435 g/mol. The molecule has 2 N–H and O–H groups in total. The number of H-pyrrole nitrogens is 1. The molecule has 3 aromatic carbocycles. The van der Waals surface area contributed by atoms with Gasteiger partial charge in [-0.25, -0.2) is 4.98 Å². The Morgan fingerprint density at radius 1 is 1.10 bits per heavy atom. The summed E-state index contributed by atoms with van der Waals surface area (Å²) in [5.41, 5.74) is 4.87. The van der Waals surface area contributed by atoms with Gasteiger partial charge in [0, 0.05) is 39.1 Å². The van der Waals surface area contributed by atoms with Crippen molar-refractivity contribution in [2.45, 2.75) is 18.6 Å². The zero-order valence-corrected chi connectivity index (χ0v) is 17.8. The van der Waals surface area contributed by atoms with Gasteiger partial charge in [-0.05, 0) is 49.4 Å². The van der Waals surface area contributed by atoms with E-state index >= 15 is 0 Å². The van der Waals surface area contributed by atoms with Crippen LogP contribution < -0.4 is 5.32 Å². The van der Waals surface area contributed by atoms with Crippen LogP contribution in [0.5, 0.6) is 0 Å². The van der Waals surface area contributed by atoms with Gasteiger partial charge in [-0.1, -0.05) is 41.6 Å². The molecule has 0 aliphatic rings. The topological polar surface area (TPSA) is 62.7 Å². The number of nitrogens with one attached hydrogen (secondary N) is 2. The van der Waals surface area contributed by atoms with Crippen LogP contribution in [0, 0.1) is 0 Å². The van der Waals surface area contributed by atoms with Crippen molar-refractivity contribution < 1.29 is 4.79 Å². The Bertz CT molecular complexity index is 1400. The van der Waals surface area contributed by atoms with Crippen LogP contribution in [0.25, 0.3) is 32.8 Å². The van der Waals surface area contributed by atoms with Crippen molar-refractivity contribution in [2.24, 2.45) is 0 Å². The lowest BCUT2D eigenvalue weighted by molar-refractivity contribution is -0.113. The molecule has 0 fully saturated rings. The Hall–Kier alpha value is -2.96. The number of hydrogen-bond acceptors (Lipinski definition) is 3. The number of imidazole rings is 1. The third-order valence-electron chi connectivity index (χ3n) is 5.13. The summed E-state index contributed by atoms with van der Waals surface area (Å²) in [7, 11) is 0. The lowest BCUT2D eigenvalue weighted by atomic mass is 10.1. The highest BCUT2D eigenvalue weighted by Crippen LogP contribution is 2.31. The maximum atomic E-state index is 12.5. The van der Waals surface area contributed by atoms with Gasteiger partial charge in [-0.2, -0.15) is 0 Å². The van der Waals surface area contributed by atoms with E-state index in [-0.39, 0.29) is 11.7 Å². The highest BCUT2D eigenvalue weighted by atomic mass is 35.5. The molecule has 1 amide bonds. The first-order chi connectivity index (χ1) is 14.6. The second-order valence-corrected chi connectivity index (χ2v) is 8.43. The fourth-order valence-corrected chi connectivity index (χ4v) is 4.69. The van der Waals surface area contributed by atoms with Crippen molar-refractivity contribution in [3.05, 3.63) is 65.7 Å². The third-order valence-corrected chi connectivity index (χ3v) is 6.24. The van der Waals surface area contributed by atoms with Crippen LogP contribution >= 0.6 is 23.4 Å². The molecule has 0 unspecified atom stereocenters. The first-order valence-electron chi connectivity index (χ1n) is 9.71. The smallest absolute Gasteiger partial charge is 0.234 e. The largest absolute Gasteiger partial charge is 0.341 e. The number of nitrogens with zero attached hydrogens (tertiary/aromatic N) is 2. The predicted octanol–water partition coefficient (Wildman–Crippen LogP) is 6.07. The fourth-order valence-electron chi connectivity index (χ4n) is 3.83. The number of aromatic nitrogens is 3. The van der Waals surface area contributed by atoms with E-state index < -0.39 is 0 Å². The summed E-state index contributed by atoms with van der Waals surface area (Å²) in [5.74, 6) is 0.194. The first-order valence-corrected chi connectivity index (χ1v) is 11.1. The average Bonchev–Trinajstić information content (AvgIpc) is 3.30. The van der Waals surface area contributed by atoms with E-state index in [0.717, 1.165) is 28.7 Å². The molecule has 0 radical (unpaired) electrons. The molecule has 2 heterocycles. The number of hydrogen-bond donors (Lipinski definition) is 2. The number of rotatable bonds is 5. The molecule has 0 atom stereocenters. The van der Waals surface area contributed by atoms with Crippen molar-refractivity contribution in [2.75, 3.05) is 11.1 Å². The number of aryl methyl sites for hydroxylation is 1. The molecule has 5 aromatic rings. The molecule has 5 rings (SSSR count). The van der Waals surface area contributed by atoms with Crippen LogP contribution in [0.15, 0.2) is 65.8 Å². The highest BCUT2D eigenvalue weighted by Gasteiger charge is 2.12. The SMILES string of the molecule is CCn1c2ccccc2c2cc(NC(=O)CSc3nc4ccc(Cl)cc4[nH]3)ccc21. The third kappa shape index (κ3) is 3.42. The zero-order chi connectivity index (χ0) is 20.7. The zero-order valence-electron chi connectivity index (χ0n) is 16.3. The van der Waals surface area contributed by atoms with E-state index in [1.54, 1.807) is 6.07 Å². The second-order valence-electron chi connectivity index (χ2n) is 7.03. The molecule has 0 aliphatic heterocycles. The van der Waals surface area contributed by atoms with E-state index in [9.17, 15) is 4.79 Å². The predicted molar refractivity (Wildman–Crippen MR) is 126 cm³/mol. The number of para-hydroxylation sites is 1. The van der Waals surface area contributed by atoms with Gasteiger partial charge >= 0.3 is 0 Å². The maximum Gasteiger partial charge on any atom is 0.234 e. The number of fused-ring (bicyclic) bond motifs is 4. The van der Waals surface area contributed by atoms with Crippen LogP contribution in [0.2, 0.25) is 5.02 Å². The summed E-state index contributed by atoms with van der Waals surface area (Å²) in [6.45, 7) is 3.04. The molecule has 30 heavy (non-hydrogen) atoms. The minimum Gasteiger partial charge on any atom is -0.341 e. The summed E-state index contributed by atoms with van der Waals surface area (Å²) in [6, 6.07) is 19.9. The molecule has 5 nitrogen and oxygen atoms in total. The van der Waals surface area contributed by atoms with Gasteiger partial charge in [-0.15, -0.1) is 0 Å². The van der Waals surface area contributed by atoms with Gasteiger partial charge in [0.25, 0.3) is 0 Å². The molecular formula is C23H19ClN4OS. The van der Waals surface area contributed by atoms with Gasteiger partial charge in [0.05, 0.1) is 16.8 Å². The summed E-state index contributed by atoms with van der Waals surface area (Å²) in [5, 5.41) is 6.70. The molecular weight excluding hydrogens is 416 g/mol. The highest BCUT2D eigenvalue weighted by molar-refractivity contribution is 7.99. The Labute approximate surface area is 182 Å². The Balaban J connectivity index is 1.34. The molecule has 0 spiro atoms. The number of amides is 1. The van der Waals surface area contributed by atoms with Crippen molar-refractivity contribution in [1.82, 2.24) is 14.5 Å². The standard InChI is InChI=1S/C23H19ClN4OS/c1-2-28-20-6-4-3-5-16(20)17-12-15(8-10-21(17)28)25-22(29)13-30-23-26-18-9-7-14(24)11-19(18)27-23/h3-12H,2,13H2,1H3,(H,25,29)(H,26,27). The number of carbonyl (C=O) groups is 1. The summed E-state index contributed by atoms with van der Waals surface area (Å²) >= 11 is 7.38. The molecule has 2 aromatic heterocycles. The van der Waals surface area contributed by atoms with Crippen LogP contribution in [0.4, 0.5) is 5.69 Å². The first kappa shape index (κ1) is 19.0. The Morgan fingerprint density at radius 3 is 2.80 bits per heavy atom. The van der Waals surface area contributed by atoms with Crippen LogP contribution in [0.1, 0.15) is 6.92 Å². The number of carbonyl (C=O) groups excluding carboxylic acids is 1. The molecule has 150 valence electrons. The van der Waals surface area contributed by atoms with Crippen molar-refractivity contribution in [1.29, 1.82) is 0 Å². The Kier molecular flexibility index (Phi) is 4.89. The molecule has 0 saturated carbocycles. The number of halogens is 1. The number of benzene rings is 3. The van der Waals surface area contributed by atoms with Gasteiger partial charge in [0.1, 0.15) is 0 Å². The van der Waals surface area contributed by atoms with Crippen LogP contribution in [0.3, 0.4) is 0 Å². The minimum atomic E-state index is -0.0722. The second kappa shape index (κ2) is 7.70. The van der Waals surface area contributed by atoms with E-state index in [0.29, 0.717) is 10.2 Å². The number of aromatic amines is 1. The van der Waals surface area contributed by atoms with Crippen molar-refractivity contribution in [3.63, 3.8) is 0 Å².